The summed E-state index contributed by atoms with van der Waals surface area (Å²) in [5, 5.41) is 0.0546. The molecule has 0 aliphatic heterocycles. The van der Waals surface area contributed by atoms with E-state index in [1.165, 1.54) is 31.2 Å². The van der Waals surface area contributed by atoms with E-state index in [4.69, 9.17) is 23.2 Å². The number of carbonyl (C=O) groups excluding carboxylic acids is 2. The molecule has 0 saturated carbocycles. The highest BCUT2D eigenvalue weighted by Gasteiger charge is 2.33. The molecule has 2 aromatic rings. The number of hydrogen-bond acceptors (Lipinski definition) is 3. The minimum atomic E-state index is -4.97. The van der Waals surface area contributed by atoms with Gasteiger partial charge in [-0.25, -0.2) is 0 Å². The largest absolute Gasteiger partial charge is 0.573 e. The van der Waals surface area contributed by atoms with Crippen LogP contribution in [0.3, 0.4) is 0 Å². The molecule has 2 aromatic carbocycles. The van der Waals surface area contributed by atoms with Crippen molar-refractivity contribution in [3.05, 3.63) is 63.1 Å². The lowest BCUT2D eigenvalue weighted by Crippen LogP contribution is -2.18. The van der Waals surface area contributed by atoms with Crippen LogP contribution in [0.15, 0.2) is 36.4 Å². The van der Waals surface area contributed by atoms with Gasteiger partial charge < -0.3 is 4.74 Å². The zero-order valence-corrected chi connectivity index (χ0v) is 14.3. The van der Waals surface area contributed by atoms with Gasteiger partial charge in [0.25, 0.3) is 0 Å². The molecule has 25 heavy (non-hydrogen) atoms. The number of halogens is 5. The minimum Gasteiger partial charge on any atom is -0.404 e. The molecule has 0 radical (unpaired) electrons. The number of ketones is 2. The van der Waals surface area contributed by atoms with Gasteiger partial charge in [0.2, 0.25) is 0 Å². The number of alkyl halides is 3. The monoisotopic (exact) mass is 390 g/mol. The summed E-state index contributed by atoms with van der Waals surface area (Å²) in [6.45, 7) is 1.30. The number of ether oxygens (including phenoxy) is 1. The second kappa shape index (κ2) is 7.45. The van der Waals surface area contributed by atoms with E-state index in [0.717, 1.165) is 12.1 Å². The van der Waals surface area contributed by atoms with Gasteiger partial charge in [0.1, 0.15) is 11.5 Å². The summed E-state index contributed by atoms with van der Waals surface area (Å²) < 4.78 is 41.3. The van der Waals surface area contributed by atoms with Crippen LogP contribution in [0.2, 0.25) is 10.0 Å². The van der Waals surface area contributed by atoms with Crippen LogP contribution in [0.4, 0.5) is 13.2 Å². The Kier molecular flexibility index (Phi) is 5.75. The van der Waals surface area contributed by atoms with E-state index < -0.39 is 17.9 Å². The van der Waals surface area contributed by atoms with E-state index >= 15 is 0 Å². The van der Waals surface area contributed by atoms with Gasteiger partial charge in [-0.3, -0.25) is 9.59 Å². The maximum atomic E-state index is 12.7. The lowest BCUT2D eigenvalue weighted by Gasteiger charge is -2.14. The van der Waals surface area contributed by atoms with Crippen molar-refractivity contribution in [1.29, 1.82) is 0 Å². The predicted molar refractivity (Wildman–Crippen MR) is 87.4 cm³/mol. The molecule has 0 aromatic heterocycles. The highest BCUT2D eigenvalue weighted by atomic mass is 35.5. The molecule has 8 heteroatoms. The van der Waals surface area contributed by atoms with Gasteiger partial charge in [-0.1, -0.05) is 23.2 Å². The topological polar surface area (TPSA) is 43.4 Å². The molecule has 0 bridgehead atoms. The normalized spacial score (nSPS) is 11.3. The molecular formula is C17H11Cl2F3O3. The molecule has 0 saturated heterocycles. The smallest absolute Gasteiger partial charge is 0.404 e. The van der Waals surface area contributed by atoms with Gasteiger partial charge in [0.15, 0.2) is 5.78 Å². The fraction of sp³-hybridized carbons (Fsp3) is 0.176. The Bertz CT molecular complexity index is 815. The van der Waals surface area contributed by atoms with Crippen molar-refractivity contribution >= 4 is 34.8 Å². The molecule has 3 nitrogen and oxygen atoms in total. The Balaban J connectivity index is 2.54. The van der Waals surface area contributed by atoms with Gasteiger partial charge in [0, 0.05) is 22.6 Å². The zero-order chi connectivity index (χ0) is 18.8. The van der Waals surface area contributed by atoms with Crippen LogP contribution in [0.5, 0.6) is 5.75 Å². The number of carbonyl (C=O) groups is 2. The summed E-state index contributed by atoms with van der Waals surface area (Å²) in [5.41, 5.74) is 0.322. The van der Waals surface area contributed by atoms with E-state index in [-0.39, 0.29) is 33.9 Å². The van der Waals surface area contributed by atoms with Crippen LogP contribution in [0.1, 0.15) is 28.4 Å². The number of Topliss-reactive ketones (excluding diaryl/α,β-unsaturated/α-hetero) is 1. The lowest BCUT2D eigenvalue weighted by atomic mass is 9.95. The molecule has 0 N–H and O–H groups in total. The van der Waals surface area contributed by atoms with Crippen LogP contribution >= 0.6 is 23.2 Å². The molecule has 0 unspecified atom stereocenters. The number of rotatable bonds is 5. The maximum Gasteiger partial charge on any atom is 0.573 e. The highest BCUT2D eigenvalue weighted by Crippen LogP contribution is 2.34. The average molecular weight is 391 g/mol. The molecule has 0 spiro atoms. The van der Waals surface area contributed by atoms with Gasteiger partial charge in [-0.15, -0.1) is 13.2 Å². The van der Waals surface area contributed by atoms with Crippen molar-refractivity contribution in [2.24, 2.45) is 0 Å². The molecule has 0 heterocycles. The van der Waals surface area contributed by atoms with Gasteiger partial charge in [-0.05, 0) is 48.9 Å². The van der Waals surface area contributed by atoms with Crippen LogP contribution < -0.4 is 4.74 Å². The average Bonchev–Trinajstić information content (AvgIpc) is 2.48. The van der Waals surface area contributed by atoms with Crippen LogP contribution in [0, 0.1) is 0 Å². The fourth-order valence-electron chi connectivity index (χ4n) is 2.18. The van der Waals surface area contributed by atoms with Gasteiger partial charge in [0.05, 0.1) is 5.02 Å². The van der Waals surface area contributed by atoms with Crippen LogP contribution in [0.25, 0.3) is 0 Å². The first-order valence-corrected chi connectivity index (χ1v) is 7.70. The second-order valence-electron chi connectivity index (χ2n) is 5.20. The third-order valence-electron chi connectivity index (χ3n) is 3.17. The van der Waals surface area contributed by atoms with E-state index in [2.05, 4.69) is 4.74 Å². The van der Waals surface area contributed by atoms with Crippen molar-refractivity contribution in [2.75, 3.05) is 0 Å². The summed E-state index contributed by atoms with van der Waals surface area (Å²) in [7, 11) is 0. The summed E-state index contributed by atoms with van der Waals surface area (Å²) in [5.74, 6) is -1.55. The van der Waals surface area contributed by atoms with Crippen LogP contribution in [-0.2, 0) is 11.2 Å². The predicted octanol–water partition coefficient (Wildman–Crippen LogP) is 5.25. The zero-order valence-electron chi connectivity index (χ0n) is 12.8. The SMILES string of the molecule is CC(=O)Cc1cc(Cl)c(OC(F)(F)F)cc1C(=O)c1ccc(Cl)cc1. The fourth-order valence-corrected chi connectivity index (χ4v) is 2.53. The van der Waals surface area contributed by atoms with E-state index in [0.29, 0.717) is 5.02 Å². The molecular weight excluding hydrogens is 380 g/mol. The third-order valence-corrected chi connectivity index (χ3v) is 3.72. The Morgan fingerprint density at radius 1 is 1.08 bits per heavy atom. The quantitative estimate of drug-likeness (QED) is 0.654. The highest BCUT2D eigenvalue weighted by molar-refractivity contribution is 6.32. The summed E-state index contributed by atoms with van der Waals surface area (Å²) in [6.07, 6.45) is -5.12. The Labute approximate surface area is 151 Å². The molecule has 132 valence electrons. The first-order chi connectivity index (χ1) is 11.6. The maximum absolute atomic E-state index is 12.7. The van der Waals surface area contributed by atoms with Gasteiger partial charge in [-0.2, -0.15) is 0 Å². The molecule has 0 aliphatic rings. The molecule has 0 amide bonds. The van der Waals surface area contributed by atoms with E-state index in [1.807, 2.05) is 0 Å². The second-order valence-corrected chi connectivity index (χ2v) is 6.05. The summed E-state index contributed by atoms with van der Waals surface area (Å²) in [6, 6.07) is 7.84. The summed E-state index contributed by atoms with van der Waals surface area (Å²) in [4.78, 5) is 24.1. The molecule has 0 fully saturated rings. The molecule has 0 aliphatic carbocycles. The third kappa shape index (κ3) is 5.21. The van der Waals surface area contributed by atoms with Crippen molar-refractivity contribution in [3.8, 4) is 5.75 Å². The lowest BCUT2D eigenvalue weighted by molar-refractivity contribution is -0.274. The minimum absolute atomic E-state index is 0.0961. The Morgan fingerprint density at radius 3 is 2.20 bits per heavy atom. The number of benzene rings is 2. The summed E-state index contributed by atoms with van der Waals surface area (Å²) >= 11 is 11.6. The van der Waals surface area contributed by atoms with Crippen molar-refractivity contribution in [2.45, 2.75) is 19.7 Å². The van der Waals surface area contributed by atoms with Crippen molar-refractivity contribution in [3.63, 3.8) is 0 Å². The van der Waals surface area contributed by atoms with Crippen LogP contribution in [-0.4, -0.2) is 17.9 Å². The Hall–Kier alpha value is -2.05. The molecule has 0 atom stereocenters. The first kappa shape index (κ1) is 19.3. The molecule has 2 rings (SSSR count). The van der Waals surface area contributed by atoms with Crippen molar-refractivity contribution in [1.82, 2.24) is 0 Å². The van der Waals surface area contributed by atoms with Crippen molar-refractivity contribution < 1.29 is 27.5 Å². The van der Waals surface area contributed by atoms with Gasteiger partial charge >= 0.3 is 6.36 Å². The first-order valence-electron chi connectivity index (χ1n) is 6.94. The van der Waals surface area contributed by atoms with E-state index in [1.54, 1.807) is 0 Å². The number of hydrogen-bond donors (Lipinski definition) is 0. The Morgan fingerprint density at radius 2 is 1.68 bits per heavy atom. The standard InChI is InChI=1S/C17H11Cl2F3O3/c1-9(23)6-11-7-14(19)15(25-17(20,21)22)8-13(11)16(24)10-2-4-12(18)5-3-10/h2-5,7-8H,6H2,1H3. The van der Waals surface area contributed by atoms with E-state index in [9.17, 15) is 22.8 Å².